The first-order valence-electron chi connectivity index (χ1n) is 4.67. The SMILES string of the molecule is OC(CNC1CC1)c1cccnc1. The molecule has 2 N–H and O–H groups in total. The Hall–Kier alpha value is -0.930. The Labute approximate surface area is 77.8 Å². The summed E-state index contributed by atoms with van der Waals surface area (Å²) in [7, 11) is 0. The van der Waals surface area contributed by atoms with Crippen LogP contribution in [0.25, 0.3) is 0 Å². The molecule has 1 atom stereocenters. The quantitative estimate of drug-likeness (QED) is 0.719. The predicted molar refractivity (Wildman–Crippen MR) is 50.2 cm³/mol. The number of hydrogen-bond acceptors (Lipinski definition) is 3. The fourth-order valence-corrected chi connectivity index (χ4v) is 1.26. The molecule has 0 spiro atoms. The summed E-state index contributed by atoms with van der Waals surface area (Å²) < 4.78 is 0. The molecule has 1 saturated carbocycles. The summed E-state index contributed by atoms with van der Waals surface area (Å²) in [6, 6.07) is 4.38. The highest BCUT2D eigenvalue weighted by Crippen LogP contribution is 2.19. The van der Waals surface area contributed by atoms with Gasteiger partial charge in [-0.2, -0.15) is 0 Å². The van der Waals surface area contributed by atoms with Crippen molar-refractivity contribution in [3.8, 4) is 0 Å². The second-order valence-electron chi connectivity index (χ2n) is 3.48. The smallest absolute Gasteiger partial charge is 0.0929 e. The van der Waals surface area contributed by atoms with E-state index < -0.39 is 6.10 Å². The first-order chi connectivity index (χ1) is 6.36. The third-order valence-corrected chi connectivity index (χ3v) is 2.25. The van der Waals surface area contributed by atoms with E-state index in [-0.39, 0.29) is 0 Å². The molecule has 0 saturated heterocycles. The minimum absolute atomic E-state index is 0.422. The van der Waals surface area contributed by atoms with Gasteiger partial charge in [0.1, 0.15) is 0 Å². The number of hydrogen-bond donors (Lipinski definition) is 2. The molecule has 0 amide bonds. The Morgan fingerprint density at radius 1 is 1.62 bits per heavy atom. The van der Waals surface area contributed by atoms with E-state index in [2.05, 4.69) is 10.3 Å². The number of aliphatic hydroxyl groups is 1. The molecule has 1 aromatic rings. The van der Waals surface area contributed by atoms with Crippen molar-refractivity contribution in [2.75, 3.05) is 6.54 Å². The lowest BCUT2D eigenvalue weighted by molar-refractivity contribution is 0.174. The summed E-state index contributed by atoms with van der Waals surface area (Å²) >= 11 is 0. The number of aromatic nitrogens is 1. The first kappa shape index (κ1) is 8.66. The van der Waals surface area contributed by atoms with Gasteiger partial charge in [0.15, 0.2) is 0 Å². The standard InChI is InChI=1S/C10H14N2O/c13-10(7-12-9-3-4-9)8-2-1-5-11-6-8/h1-2,5-6,9-10,12-13H,3-4,7H2. The Bertz CT molecular complexity index is 259. The Morgan fingerprint density at radius 2 is 2.46 bits per heavy atom. The molecule has 1 aromatic heterocycles. The number of rotatable bonds is 4. The fourth-order valence-electron chi connectivity index (χ4n) is 1.26. The largest absolute Gasteiger partial charge is 0.387 e. The molecule has 1 unspecified atom stereocenters. The topological polar surface area (TPSA) is 45.1 Å². The highest BCUT2D eigenvalue weighted by molar-refractivity contribution is 5.12. The van der Waals surface area contributed by atoms with E-state index in [1.165, 1.54) is 12.8 Å². The second-order valence-corrected chi connectivity index (χ2v) is 3.48. The van der Waals surface area contributed by atoms with Crippen molar-refractivity contribution in [1.82, 2.24) is 10.3 Å². The van der Waals surface area contributed by atoms with Crippen molar-refractivity contribution in [1.29, 1.82) is 0 Å². The van der Waals surface area contributed by atoms with Crippen LogP contribution in [0, 0.1) is 0 Å². The number of nitrogens with zero attached hydrogens (tertiary/aromatic N) is 1. The van der Waals surface area contributed by atoms with E-state index in [4.69, 9.17) is 0 Å². The van der Waals surface area contributed by atoms with Crippen LogP contribution in [-0.2, 0) is 0 Å². The van der Waals surface area contributed by atoms with Gasteiger partial charge in [-0.25, -0.2) is 0 Å². The number of pyridine rings is 1. The van der Waals surface area contributed by atoms with Gasteiger partial charge in [-0.05, 0) is 18.9 Å². The van der Waals surface area contributed by atoms with Crippen LogP contribution in [0.2, 0.25) is 0 Å². The molecule has 1 heterocycles. The van der Waals surface area contributed by atoms with E-state index >= 15 is 0 Å². The van der Waals surface area contributed by atoms with Crippen LogP contribution in [0.15, 0.2) is 24.5 Å². The molecular weight excluding hydrogens is 164 g/mol. The van der Waals surface area contributed by atoms with Gasteiger partial charge in [0.25, 0.3) is 0 Å². The van der Waals surface area contributed by atoms with Crippen molar-refractivity contribution >= 4 is 0 Å². The van der Waals surface area contributed by atoms with Crippen LogP contribution in [0.3, 0.4) is 0 Å². The summed E-state index contributed by atoms with van der Waals surface area (Å²) in [5.41, 5.74) is 0.885. The average Bonchev–Trinajstić information content (AvgIpc) is 2.99. The maximum absolute atomic E-state index is 9.69. The van der Waals surface area contributed by atoms with E-state index in [9.17, 15) is 5.11 Å². The Balaban J connectivity index is 1.85. The summed E-state index contributed by atoms with van der Waals surface area (Å²) in [4.78, 5) is 3.96. The maximum Gasteiger partial charge on any atom is 0.0929 e. The monoisotopic (exact) mass is 178 g/mol. The zero-order valence-electron chi connectivity index (χ0n) is 7.48. The zero-order chi connectivity index (χ0) is 9.10. The number of nitrogens with one attached hydrogen (secondary N) is 1. The van der Waals surface area contributed by atoms with Crippen LogP contribution < -0.4 is 5.32 Å². The molecule has 70 valence electrons. The van der Waals surface area contributed by atoms with Crippen molar-refractivity contribution in [2.45, 2.75) is 25.0 Å². The first-order valence-corrected chi connectivity index (χ1v) is 4.67. The van der Waals surface area contributed by atoms with Crippen LogP contribution in [-0.4, -0.2) is 22.7 Å². The van der Waals surface area contributed by atoms with Crippen molar-refractivity contribution in [3.05, 3.63) is 30.1 Å². The van der Waals surface area contributed by atoms with Gasteiger partial charge in [0.05, 0.1) is 6.10 Å². The molecule has 0 aliphatic heterocycles. The Morgan fingerprint density at radius 3 is 3.08 bits per heavy atom. The highest BCUT2D eigenvalue weighted by Gasteiger charge is 2.21. The fraction of sp³-hybridized carbons (Fsp3) is 0.500. The van der Waals surface area contributed by atoms with Crippen molar-refractivity contribution < 1.29 is 5.11 Å². The molecular formula is C10H14N2O. The third-order valence-electron chi connectivity index (χ3n) is 2.25. The van der Waals surface area contributed by atoms with E-state index in [1.54, 1.807) is 12.4 Å². The molecule has 0 radical (unpaired) electrons. The predicted octanol–water partition coefficient (Wildman–Crippen LogP) is 0.867. The summed E-state index contributed by atoms with van der Waals surface area (Å²) in [5, 5.41) is 13.0. The molecule has 1 fully saturated rings. The van der Waals surface area contributed by atoms with Crippen LogP contribution in [0.4, 0.5) is 0 Å². The van der Waals surface area contributed by atoms with Gasteiger partial charge in [-0.3, -0.25) is 4.98 Å². The van der Waals surface area contributed by atoms with E-state index in [0.717, 1.165) is 5.56 Å². The molecule has 2 rings (SSSR count). The molecule has 1 aliphatic rings. The van der Waals surface area contributed by atoms with Gasteiger partial charge in [-0.15, -0.1) is 0 Å². The highest BCUT2D eigenvalue weighted by atomic mass is 16.3. The van der Waals surface area contributed by atoms with Crippen molar-refractivity contribution in [2.24, 2.45) is 0 Å². The molecule has 13 heavy (non-hydrogen) atoms. The second kappa shape index (κ2) is 3.85. The summed E-state index contributed by atoms with van der Waals surface area (Å²) in [5.74, 6) is 0. The zero-order valence-corrected chi connectivity index (χ0v) is 7.48. The molecule has 3 heteroatoms. The summed E-state index contributed by atoms with van der Waals surface area (Å²) in [6.07, 6.45) is 5.50. The lowest BCUT2D eigenvalue weighted by atomic mass is 10.1. The molecule has 1 aliphatic carbocycles. The number of aliphatic hydroxyl groups excluding tert-OH is 1. The lowest BCUT2D eigenvalue weighted by Gasteiger charge is -2.10. The van der Waals surface area contributed by atoms with Gasteiger partial charge < -0.3 is 10.4 Å². The minimum Gasteiger partial charge on any atom is -0.387 e. The molecule has 0 aromatic carbocycles. The lowest BCUT2D eigenvalue weighted by Crippen LogP contribution is -2.23. The van der Waals surface area contributed by atoms with Crippen molar-refractivity contribution in [3.63, 3.8) is 0 Å². The van der Waals surface area contributed by atoms with Gasteiger partial charge >= 0.3 is 0 Å². The van der Waals surface area contributed by atoms with Gasteiger partial charge in [-0.1, -0.05) is 6.07 Å². The van der Waals surface area contributed by atoms with E-state index in [1.807, 2.05) is 12.1 Å². The third kappa shape index (κ3) is 2.50. The Kier molecular flexibility index (Phi) is 2.57. The van der Waals surface area contributed by atoms with Crippen LogP contribution >= 0.6 is 0 Å². The van der Waals surface area contributed by atoms with E-state index in [0.29, 0.717) is 12.6 Å². The average molecular weight is 178 g/mol. The van der Waals surface area contributed by atoms with Gasteiger partial charge in [0, 0.05) is 30.5 Å². The minimum atomic E-state index is -0.422. The van der Waals surface area contributed by atoms with Crippen LogP contribution in [0.5, 0.6) is 0 Å². The molecule has 0 bridgehead atoms. The normalized spacial score (nSPS) is 18.5. The molecule has 3 nitrogen and oxygen atoms in total. The maximum atomic E-state index is 9.69. The van der Waals surface area contributed by atoms with Crippen LogP contribution in [0.1, 0.15) is 24.5 Å². The van der Waals surface area contributed by atoms with Gasteiger partial charge in [0.2, 0.25) is 0 Å². The summed E-state index contributed by atoms with van der Waals surface area (Å²) in [6.45, 7) is 0.635.